The maximum Gasteiger partial charge on any atom is 0.0353 e. The van der Waals surface area contributed by atoms with Crippen LogP contribution in [0.3, 0.4) is 0 Å². The Hall–Kier alpha value is -0.820. The molecule has 18 heavy (non-hydrogen) atoms. The van der Waals surface area contributed by atoms with Gasteiger partial charge >= 0.3 is 0 Å². The van der Waals surface area contributed by atoms with Crippen LogP contribution in [0.15, 0.2) is 12.1 Å². The predicted octanol–water partition coefficient (Wildman–Crippen LogP) is 3.55. The minimum Gasteiger partial charge on any atom is -0.307 e. The molecule has 3 aliphatic rings. The average Bonchev–Trinajstić information content (AvgIpc) is 3.19. The van der Waals surface area contributed by atoms with Crippen LogP contribution in [0.2, 0.25) is 0 Å². The van der Waals surface area contributed by atoms with Crippen LogP contribution in [0, 0.1) is 5.92 Å². The van der Waals surface area contributed by atoms with Crippen molar-refractivity contribution in [2.75, 3.05) is 0 Å². The van der Waals surface area contributed by atoms with Crippen molar-refractivity contribution in [3.63, 3.8) is 0 Å². The monoisotopic (exact) mass is 241 g/mol. The maximum absolute atomic E-state index is 3.84. The van der Waals surface area contributed by atoms with Crippen LogP contribution in [-0.4, -0.2) is 6.04 Å². The smallest absolute Gasteiger partial charge is 0.0353 e. The summed E-state index contributed by atoms with van der Waals surface area (Å²) in [7, 11) is 0. The summed E-state index contributed by atoms with van der Waals surface area (Å²) in [5.74, 6) is 0.924. The number of nitrogens with one attached hydrogen (secondary N) is 1. The Morgan fingerprint density at radius 3 is 2.44 bits per heavy atom. The van der Waals surface area contributed by atoms with Gasteiger partial charge in [-0.1, -0.05) is 12.1 Å². The third-order valence-electron chi connectivity index (χ3n) is 5.02. The third kappa shape index (κ3) is 1.80. The van der Waals surface area contributed by atoms with Crippen LogP contribution in [-0.2, 0) is 19.3 Å². The number of hydrogen-bond acceptors (Lipinski definition) is 1. The van der Waals surface area contributed by atoms with E-state index in [1.54, 1.807) is 22.3 Å². The first kappa shape index (κ1) is 11.0. The van der Waals surface area contributed by atoms with E-state index < -0.39 is 0 Å². The van der Waals surface area contributed by atoms with Crippen molar-refractivity contribution in [2.45, 2.75) is 64.0 Å². The van der Waals surface area contributed by atoms with Gasteiger partial charge in [0.05, 0.1) is 0 Å². The zero-order chi connectivity index (χ0) is 12.1. The molecule has 0 saturated heterocycles. The molecule has 1 heterocycles. The molecule has 2 atom stereocenters. The van der Waals surface area contributed by atoms with Crippen LogP contribution in [0.25, 0.3) is 0 Å². The SMILES string of the molecule is CC1Cc2cc3c(cc2C(C2CC2)N1)CCCC3. The van der Waals surface area contributed by atoms with Gasteiger partial charge in [-0.3, -0.25) is 0 Å². The van der Waals surface area contributed by atoms with Gasteiger partial charge in [0.15, 0.2) is 0 Å². The topological polar surface area (TPSA) is 12.0 Å². The summed E-state index contributed by atoms with van der Waals surface area (Å²) in [6.07, 6.45) is 9.51. The lowest BCUT2D eigenvalue weighted by atomic mass is 9.82. The fourth-order valence-corrected chi connectivity index (χ4v) is 3.93. The van der Waals surface area contributed by atoms with E-state index in [-0.39, 0.29) is 0 Å². The van der Waals surface area contributed by atoms with Crippen molar-refractivity contribution >= 4 is 0 Å². The van der Waals surface area contributed by atoms with E-state index in [0.717, 1.165) is 5.92 Å². The summed E-state index contributed by atoms with van der Waals surface area (Å²) in [5, 5.41) is 3.84. The fraction of sp³-hybridized carbons (Fsp3) is 0.647. The molecular weight excluding hydrogens is 218 g/mol. The Morgan fingerprint density at radius 2 is 1.72 bits per heavy atom. The summed E-state index contributed by atoms with van der Waals surface area (Å²) in [6, 6.07) is 6.43. The Morgan fingerprint density at radius 1 is 1.00 bits per heavy atom. The number of rotatable bonds is 1. The Labute approximate surface area is 110 Å². The zero-order valence-corrected chi connectivity index (χ0v) is 11.3. The lowest BCUT2D eigenvalue weighted by Gasteiger charge is -2.33. The number of benzene rings is 1. The molecule has 0 spiro atoms. The van der Waals surface area contributed by atoms with E-state index in [2.05, 4.69) is 24.4 Å². The largest absolute Gasteiger partial charge is 0.307 e. The van der Waals surface area contributed by atoms with E-state index >= 15 is 0 Å². The highest BCUT2D eigenvalue weighted by molar-refractivity contribution is 5.43. The van der Waals surface area contributed by atoms with Gasteiger partial charge in [0.25, 0.3) is 0 Å². The summed E-state index contributed by atoms with van der Waals surface area (Å²) in [5.41, 5.74) is 6.61. The molecule has 1 aliphatic heterocycles. The van der Waals surface area contributed by atoms with Gasteiger partial charge in [-0.25, -0.2) is 0 Å². The molecule has 1 aromatic carbocycles. The molecule has 1 fully saturated rings. The van der Waals surface area contributed by atoms with E-state index in [1.165, 1.54) is 44.9 Å². The molecule has 1 saturated carbocycles. The molecule has 1 nitrogen and oxygen atoms in total. The molecule has 96 valence electrons. The Bertz CT molecular complexity index is 473. The number of hydrogen-bond donors (Lipinski definition) is 1. The van der Waals surface area contributed by atoms with Crippen molar-refractivity contribution in [1.82, 2.24) is 5.32 Å². The highest BCUT2D eigenvalue weighted by atomic mass is 15.0. The van der Waals surface area contributed by atoms with E-state index in [0.29, 0.717) is 12.1 Å². The minimum atomic E-state index is 0.657. The average molecular weight is 241 g/mol. The molecule has 0 bridgehead atoms. The lowest BCUT2D eigenvalue weighted by Crippen LogP contribution is -2.38. The van der Waals surface area contributed by atoms with Gasteiger partial charge in [-0.05, 0) is 80.0 Å². The minimum absolute atomic E-state index is 0.657. The Kier molecular flexibility index (Phi) is 2.51. The zero-order valence-electron chi connectivity index (χ0n) is 11.3. The summed E-state index contributed by atoms with van der Waals surface area (Å²) in [6.45, 7) is 2.35. The van der Waals surface area contributed by atoms with Crippen molar-refractivity contribution in [2.24, 2.45) is 5.92 Å². The number of aryl methyl sites for hydroxylation is 2. The number of fused-ring (bicyclic) bond motifs is 2. The van der Waals surface area contributed by atoms with Crippen molar-refractivity contribution < 1.29 is 0 Å². The van der Waals surface area contributed by atoms with Crippen LogP contribution >= 0.6 is 0 Å². The van der Waals surface area contributed by atoms with Crippen LogP contribution in [0.5, 0.6) is 0 Å². The standard InChI is InChI=1S/C17H23N/c1-11-8-15-9-13-4-2-3-5-14(13)10-16(15)17(18-11)12-6-7-12/h9-12,17-18H,2-8H2,1H3. The van der Waals surface area contributed by atoms with Gasteiger partial charge in [-0.2, -0.15) is 0 Å². The molecule has 2 aliphatic carbocycles. The highest BCUT2D eigenvalue weighted by Gasteiger charge is 2.37. The second kappa shape index (κ2) is 4.09. The normalized spacial score (nSPS) is 30.7. The molecule has 1 heteroatoms. The van der Waals surface area contributed by atoms with Crippen LogP contribution in [0.1, 0.15) is 60.9 Å². The molecule has 0 radical (unpaired) electrons. The van der Waals surface area contributed by atoms with Crippen LogP contribution < -0.4 is 5.32 Å². The summed E-state index contributed by atoms with van der Waals surface area (Å²) < 4.78 is 0. The van der Waals surface area contributed by atoms with Crippen molar-refractivity contribution in [3.05, 3.63) is 34.4 Å². The first-order valence-electron chi connectivity index (χ1n) is 7.72. The lowest BCUT2D eigenvalue weighted by molar-refractivity contribution is 0.389. The second-order valence-corrected chi connectivity index (χ2v) is 6.61. The Balaban J connectivity index is 1.79. The second-order valence-electron chi connectivity index (χ2n) is 6.61. The van der Waals surface area contributed by atoms with Gasteiger partial charge in [-0.15, -0.1) is 0 Å². The van der Waals surface area contributed by atoms with Gasteiger partial charge in [0.1, 0.15) is 0 Å². The molecule has 1 N–H and O–H groups in total. The molecule has 1 aromatic rings. The van der Waals surface area contributed by atoms with Crippen LogP contribution in [0.4, 0.5) is 0 Å². The molecule has 4 rings (SSSR count). The fourth-order valence-electron chi connectivity index (χ4n) is 3.93. The van der Waals surface area contributed by atoms with Crippen molar-refractivity contribution in [1.29, 1.82) is 0 Å². The maximum atomic E-state index is 3.84. The molecular formula is C17H23N. The predicted molar refractivity (Wildman–Crippen MR) is 74.9 cm³/mol. The molecule has 0 amide bonds. The van der Waals surface area contributed by atoms with Gasteiger partial charge in [0, 0.05) is 12.1 Å². The molecule has 2 unspecified atom stereocenters. The molecule has 0 aromatic heterocycles. The summed E-state index contributed by atoms with van der Waals surface area (Å²) in [4.78, 5) is 0. The van der Waals surface area contributed by atoms with E-state index in [1.807, 2.05) is 0 Å². The first-order chi connectivity index (χ1) is 8.81. The van der Waals surface area contributed by atoms with Gasteiger partial charge in [0.2, 0.25) is 0 Å². The van der Waals surface area contributed by atoms with E-state index in [4.69, 9.17) is 0 Å². The van der Waals surface area contributed by atoms with Gasteiger partial charge < -0.3 is 5.32 Å². The van der Waals surface area contributed by atoms with Crippen molar-refractivity contribution in [3.8, 4) is 0 Å². The quantitative estimate of drug-likeness (QED) is 0.793. The highest BCUT2D eigenvalue weighted by Crippen LogP contribution is 2.45. The third-order valence-corrected chi connectivity index (χ3v) is 5.02. The first-order valence-corrected chi connectivity index (χ1v) is 7.72. The van der Waals surface area contributed by atoms with E-state index in [9.17, 15) is 0 Å². The summed E-state index contributed by atoms with van der Waals surface area (Å²) >= 11 is 0.